The van der Waals surface area contributed by atoms with Gasteiger partial charge in [0.2, 0.25) is 5.91 Å². The lowest BCUT2D eigenvalue weighted by Crippen LogP contribution is -2.06. The summed E-state index contributed by atoms with van der Waals surface area (Å²) in [5.41, 5.74) is 3.01. The Bertz CT molecular complexity index is 605. The van der Waals surface area contributed by atoms with E-state index in [9.17, 15) is 4.79 Å². The molecule has 2 nitrogen and oxygen atoms in total. The largest absolute Gasteiger partial charge is 0.325 e. The Balaban J connectivity index is 2.16. The van der Waals surface area contributed by atoms with Gasteiger partial charge in [-0.2, -0.15) is 0 Å². The molecule has 0 unspecified atom stereocenters. The number of carbonyl (C=O) groups excluding carboxylic acids is 1. The van der Waals surface area contributed by atoms with Gasteiger partial charge < -0.3 is 5.32 Å². The molecule has 0 atom stereocenters. The van der Waals surface area contributed by atoms with Gasteiger partial charge in [0.1, 0.15) is 0 Å². The summed E-state index contributed by atoms with van der Waals surface area (Å²) in [6.07, 6.45) is 4.09. The zero-order chi connectivity index (χ0) is 13.7. The van der Waals surface area contributed by atoms with Gasteiger partial charge >= 0.3 is 0 Å². The maximum atomic E-state index is 11.0. The van der Waals surface area contributed by atoms with Gasteiger partial charge in [-0.25, -0.2) is 0 Å². The second-order valence-corrected chi connectivity index (χ2v) is 5.02. The number of hydrogen-bond donors (Lipinski definition) is 1. The molecule has 0 heterocycles. The molecule has 0 aliphatic heterocycles. The minimum Gasteiger partial charge on any atom is -0.325 e. The fourth-order valence-corrected chi connectivity index (χ4v) is 2.18. The van der Waals surface area contributed by atoms with Crippen molar-refractivity contribution in [1.82, 2.24) is 0 Å². The predicted octanol–water partition coefficient (Wildman–Crippen LogP) is 4.58. The maximum absolute atomic E-state index is 11.0. The summed E-state index contributed by atoms with van der Waals surface area (Å²) in [5.74, 6) is -0.0757. The molecule has 0 spiro atoms. The molecule has 0 saturated carbocycles. The first-order valence-electron chi connectivity index (χ1n) is 5.95. The van der Waals surface area contributed by atoms with Gasteiger partial charge in [-0.1, -0.05) is 48.6 Å². The molecule has 0 saturated heterocycles. The summed E-state index contributed by atoms with van der Waals surface area (Å²) in [6, 6.07) is 16.0. The lowest BCUT2D eigenvalue weighted by molar-refractivity contribution is -0.114. The maximum Gasteiger partial charge on any atom is 0.221 e. The summed E-state index contributed by atoms with van der Waals surface area (Å²) < 4.78 is 0.873. The summed E-state index contributed by atoms with van der Waals surface area (Å²) in [7, 11) is 0. The third-order valence-electron chi connectivity index (χ3n) is 2.57. The van der Waals surface area contributed by atoms with Crippen LogP contribution in [0.4, 0.5) is 5.69 Å². The molecule has 0 bridgehead atoms. The number of nitrogens with one attached hydrogen (secondary N) is 1. The van der Waals surface area contributed by atoms with E-state index in [1.807, 2.05) is 42.5 Å². The Kier molecular flexibility index (Phi) is 4.53. The summed E-state index contributed by atoms with van der Waals surface area (Å²) >= 11 is 3.45. The van der Waals surface area contributed by atoms with E-state index in [4.69, 9.17) is 0 Å². The molecule has 0 aliphatic rings. The van der Waals surface area contributed by atoms with Gasteiger partial charge in [-0.3, -0.25) is 4.79 Å². The van der Waals surface area contributed by atoms with Gasteiger partial charge in [0, 0.05) is 11.4 Å². The highest BCUT2D eigenvalue weighted by Crippen LogP contribution is 2.24. The molecular formula is C16H14BrNO. The van der Waals surface area contributed by atoms with Crippen LogP contribution in [0, 0.1) is 0 Å². The number of carbonyl (C=O) groups is 1. The predicted molar refractivity (Wildman–Crippen MR) is 83.8 cm³/mol. The van der Waals surface area contributed by atoms with Gasteiger partial charge in [0.05, 0.1) is 5.69 Å². The van der Waals surface area contributed by atoms with E-state index in [0.29, 0.717) is 0 Å². The Morgan fingerprint density at radius 2 is 1.74 bits per heavy atom. The summed E-state index contributed by atoms with van der Waals surface area (Å²) in [4.78, 5) is 11.0. The summed E-state index contributed by atoms with van der Waals surface area (Å²) in [5, 5.41) is 2.76. The standard InChI is InChI=1S/C16H14BrNO/c1-12(19)18-16-10-9-14(11-15(16)17)8-7-13-5-3-2-4-6-13/h2-11H,1H3,(H,18,19)/b8-7+. The van der Waals surface area contributed by atoms with Crippen LogP contribution < -0.4 is 5.32 Å². The molecular weight excluding hydrogens is 302 g/mol. The molecule has 0 aromatic heterocycles. The van der Waals surface area contributed by atoms with Crippen molar-refractivity contribution in [2.24, 2.45) is 0 Å². The fourth-order valence-electron chi connectivity index (χ4n) is 1.68. The second kappa shape index (κ2) is 6.34. The molecule has 0 aliphatic carbocycles. The van der Waals surface area contributed by atoms with Crippen LogP contribution in [0.3, 0.4) is 0 Å². The Morgan fingerprint density at radius 3 is 2.37 bits per heavy atom. The van der Waals surface area contributed by atoms with Crippen molar-refractivity contribution >= 4 is 39.7 Å². The third-order valence-corrected chi connectivity index (χ3v) is 3.23. The third kappa shape index (κ3) is 4.07. The van der Waals surface area contributed by atoms with Gasteiger partial charge in [-0.15, -0.1) is 0 Å². The minimum atomic E-state index is -0.0757. The highest BCUT2D eigenvalue weighted by molar-refractivity contribution is 9.10. The molecule has 2 rings (SSSR count). The van der Waals surface area contributed by atoms with Crippen LogP contribution in [0.1, 0.15) is 18.1 Å². The molecule has 0 fully saturated rings. The molecule has 3 heteroatoms. The van der Waals surface area contributed by atoms with Crippen molar-refractivity contribution < 1.29 is 4.79 Å². The monoisotopic (exact) mass is 315 g/mol. The van der Waals surface area contributed by atoms with Crippen LogP contribution in [0.25, 0.3) is 12.2 Å². The Labute approximate surface area is 121 Å². The van der Waals surface area contributed by atoms with E-state index < -0.39 is 0 Å². The average Bonchev–Trinajstić information content (AvgIpc) is 2.40. The molecule has 96 valence electrons. The highest BCUT2D eigenvalue weighted by atomic mass is 79.9. The fraction of sp³-hybridized carbons (Fsp3) is 0.0625. The molecule has 19 heavy (non-hydrogen) atoms. The van der Waals surface area contributed by atoms with Crippen LogP contribution >= 0.6 is 15.9 Å². The Morgan fingerprint density at radius 1 is 1.05 bits per heavy atom. The van der Waals surface area contributed by atoms with Gasteiger partial charge in [0.15, 0.2) is 0 Å². The molecule has 1 amide bonds. The number of halogens is 1. The lowest BCUT2D eigenvalue weighted by Gasteiger charge is -2.05. The van der Waals surface area contributed by atoms with Crippen LogP contribution in [0.15, 0.2) is 53.0 Å². The van der Waals surface area contributed by atoms with E-state index in [1.165, 1.54) is 6.92 Å². The van der Waals surface area contributed by atoms with Crippen molar-refractivity contribution in [3.63, 3.8) is 0 Å². The zero-order valence-electron chi connectivity index (χ0n) is 10.6. The van der Waals surface area contributed by atoms with Crippen molar-refractivity contribution in [2.75, 3.05) is 5.32 Å². The number of rotatable bonds is 3. The van der Waals surface area contributed by atoms with E-state index >= 15 is 0 Å². The van der Waals surface area contributed by atoms with Crippen molar-refractivity contribution in [1.29, 1.82) is 0 Å². The van der Waals surface area contributed by atoms with Crippen molar-refractivity contribution in [2.45, 2.75) is 6.92 Å². The topological polar surface area (TPSA) is 29.1 Å². The Hall–Kier alpha value is -1.87. The SMILES string of the molecule is CC(=O)Nc1ccc(/C=C/c2ccccc2)cc1Br. The van der Waals surface area contributed by atoms with Gasteiger partial charge in [0.25, 0.3) is 0 Å². The normalized spacial score (nSPS) is 10.6. The smallest absolute Gasteiger partial charge is 0.221 e. The van der Waals surface area contributed by atoms with Crippen LogP contribution in [-0.4, -0.2) is 5.91 Å². The zero-order valence-corrected chi connectivity index (χ0v) is 12.1. The first kappa shape index (κ1) is 13.6. The van der Waals surface area contributed by atoms with E-state index in [0.717, 1.165) is 21.3 Å². The van der Waals surface area contributed by atoms with E-state index in [2.05, 4.69) is 39.5 Å². The first-order chi connectivity index (χ1) is 9.15. The second-order valence-electron chi connectivity index (χ2n) is 4.16. The number of amides is 1. The quantitative estimate of drug-likeness (QED) is 0.825. The van der Waals surface area contributed by atoms with Crippen molar-refractivity contribution in [3.8, 4) is 0 Å². The highest BCUT2D eigenvalue weighted by Gasteiger charge is 2.01. The molecule has 1 N–H and O–H groups in total. The molecule has 2 aromatic rings. The number of benzene rings is 2. The van der Waals surface area contributed by atoms with Gasteiger partial charge in [-0.05, 0) is 39.2 Å². The minimum absolute atomic E-state index is 0.0757. The van der Waals surface area contributed by atoms with E-state index in [-0.39, 0.29) is 5.91 Å². The number of hydrogen-bond acceptors (Lipinski definition) is 1. The van der Waals surface area contributed by atoms with Crippen LogP contribution in [0.2, 0.25) is 0 Å². The molecule has 2 aromatic carbocycles. The average molecular weight is 316 g/mol. The first-order valence-corrected chi connectivity index (χ1v) is 6.75. The molecule has 0 radical (unpaired) electrons. The van der Waals surface area contributed by atoms with Crippen LogP contribution in [0.5, 0.6) is 0 Å². The lowest BCUT2D eigenvalue weighted by atomic mass is 10.1. The number of anilines is 1. The van der Waals surface area contributed by atoms with E-state index in [1.54, 1.807) is 0 Å². The van der Waals surface area contributed by atoms with Crippen LogP contribution in [-0.2, 0) is 4.79 Å². The summed E-state index contributed by atoms with van der Waals surface area (Å²) in [6.45, 7) is 1.50. The van der Waals surface area contributed by atoms with Crippen molar-refractivity contribution in [3.05, 3.63) is 64.1 Å².